The SMILES string of the molecule is CCOCCn1c(=N)sc2cc(S(C)(=O)=O)ccc21. The maximum Gasteiger partial charge on any atom is 0.182 e. The van der Waals surface area contributed by atoms with Crippen molar-refractivity contribution in [2.45, 2.75) is 18.4 Å². The number of fused-ring (bicyclic) bond motifs is 1. The Kier molecular flexibility index (Phi) is 4.07. The third-order valence-electron chi connectivity index (χ3n) is 2.77. The first-order valence-electron chi connectivity index (χ1n) is 5.89. The van der Waals surface area contributed by atoms with Gasteiger partial charge in [-0.25, -0.2) is 8.42 Å². The van der Waals surface area contributed by atoms with Crippen LogP contribution in [0.5, 0.6) is 0 Å². The van der Waals surface area contributed by atoms with Crippen molar-refractivity contribution in [1.82, 2.24) is 4.57 Å². The molecule has 0 radical (unpaired) electrons. The molecule has 2 rings (SSSR count). The monoisotopic (exact) mass is 300 g/mol. The fourth-order valence-corrected chi connectivity index (χ4v) is 3.52. The second-order valence-corrected chi connectivity index (χ2v) is 7.20. The molecule has 1 N–H and O–H groups in total. The van der Waals surface area contributed by atoms with Gasteiger partial charge in [0.1, 0.15) is 0 Å². The molecule has 0 amide bonds. The van der Waals surface area contributed by atoms with Crippen molar-refractivity contribution in [2.75, 3.05) is 19.5 Å². The third kappa shape index (κ3) is 3.05. The van der Waals surface area contributed by atoms with E-state index in [-0.39, 0.29) is 0 Å². The van der Waals surface area contributed by atoms with Gasteiger partial charge in [-0.1, -0.05) is 11.3 Å². The summed E-state index contributed by atoms with van der Waals surface area (Å²) in [7, 11) is -3.21. The van der Waals surface area contributed by atoms with Crippen LogP contribution in [-0.4, -0.2) is 32.5 Å². The van der Waals surface area contributed by atoms with Gasteiger partial charge in [0.15, 0.2) is 14.6 Å². The molecule has 0 fully saturated rings. The van der Waals surface area contributed by atoms with Crippen LogP contribution in [0.3, 0.4) is 0 Å². The van der Waals surface area contributed by atoms with E-state index in [1.165, 1.54) is 17.6 Å². The lowest BCUT2D eigenvalue weighted by Gasteiger charge is -2.05. The van der Waals surface area contributed by atoms with E-state index in [9.17, 15) is 8.42 Å². The Morgan fingerprint density at radius 2 is 2.16 bits per heavy atom. The maximum absolute atomic E-state index is 11.5. The number of thiazole rings is 1. The van der Waals surface area contributed by atoms with Gasteiger partial charge in [-0.05, 0) is 25.1 Å². The molecule has 0 saturated heterocycles. The first kappa shape index (κ1) is 14.2. The maximum atomic E-state index is 11.5. The highest BCUT2D eigenvalue weighted by Crippen LogP contribution is 2.21. The molecule has 2 aromatic rings. The van der Waals surface area contributed by atoms with Gasteiger partial charge in [0.25, 0.3) is 0 Å². The lowest BCUT2D eigenvalue weighted by atomic mass is 10.3. The van der Waals surface area contributed by atoms with E-state index < -0.39 is 9.84 Å². The van der Waals surface area contributed by atoms with Gasteiger partial charge in [-0.3, -0.25) is 5.41 Å². The molecular formula is C12H16N2O3S2. The van der Waals surface area contributed by atoms with Crippen LogP contribution in [-0.2, 0) is 21.1 Å². The summed E-state index contributed by atoms with van der Waals surface area (Å²) in [5, 5.41) is 7.94. The molecule has 5 nitrogen and oxygen atoms in total. The highest BCUT2D eigenvalue weighted by molar-refractivity contribution is 7.90. The average Bonchev–Trinajstić information content (AvgIpc) is 2.64. The molecule has 0 aliphatic rings. The van der Waals surface area contributed by atoms with Crippen LogP contribution in [0.15, 0.2) is 23.1 Å². The topological polar surface area (TPSA) is 72.2 Å². The fraction of sp³-hybridized carbons (Fsp3) is 0.417. The Hall–Kier alpha value is -1.18. The zero-order valence-corrected chi connectivity index (χ0v) is 12.5. The Balaban J connectivity index is 2.45. The molecule has 1 heterocycles. The number of hydrogen-bond acceptors (Lipinski definition) is 5. The van der Waals surface area contributed by atoms with E-state index in [4.69, 9.17) is 10.1 Å². The fourth-order valence-electron chi connectivity index (χ4n) is 1.82. The highest BCUT2D eigenvalue weighted by Gasteiger charge is 2.11. The summed E-state index contributed by atoms with van der Waals surface area (Å²) in [6.07, 6.45) is 1.19. The number of nitrogens with one attached hydrogen (secondary N) is 1. The van der Waals surface area contributed by atoms with Crippen LogP contribution >= 0.6 is 11.3 Å². The van der Waals surface area contributed by atoms with Gasteiger partial charge in [0.2, 0.25) is 0 Å². The van der Waals surface area contributed by atoms with Gasteiger partial charge >= 0.3 is 0 Å². The number of benzene rings is 1. The van der Waals surface area contributed by atoms with Crippen molar-refractivity contribution in [3.05, 3.63) is 23.0 Å². The number of rotatable bonds is 5. The van der Waals surface area contributed by atoms with Gasteiger partial charge in [-0.2, -0.15) is 0 Å². The molecule has 7 heteroatoms. The Bertz CT molecular complexity index is 744. The molecule has 0 atom stereocenters. The van der Waals surface area contributed by atoms with Crippen molar-refractivity contribution in [3.63, 3.8) is 0 Å². The molecule has 0 aliphatic heterocycles. The Morgan fingerprint density at radius 3 is 2.79 bits per heavy atom. The minimum absolute atomic E-state index is 0.290. The van der Waals surface area contributed by atoms with E-state index in [0.717, 1.165) is 10.2 Å². The van der Waals surface area contributed by atoms with Crippen LogP contribution in [0.25, 0.3) is 10.2 Å². The summed E-state index contributed by atoms with van der Waals surface area (Å²) < 4.78 is 31.0. The van der Waals surface area contributed by atoms with Crippen LogP contribution in [0.1, 0.15) is 6.92 Å². The molecule has 104 valence electrons. The predicted octanol–water partition coefficient (Wildman–Crippen LogP) is 1.62. The number of ether oxygens (including phenoxy) is 1. The van der Waals surface area contributed by atoms with Gasteiger partial charge < -0.3 is 9.30 Å². The summed E-state index contributed by atoms with van der Waals surface area (Å²) in [6.45, 7) is 3.72. The van der Waals surface area contributed by atoms with Crippen LogP contribution in [0.4, 0.5) is 0 Å². The van der Waals surface area contributed by atoms with E-state index in [0.29, 0.717) is 29.5 Å². The second kappa shape index (κ2) is 5.44. The molecule has 0 spiro atoms. The van der Waals surface area contributed by atoms with Crippen molar-refractivity contribution in [2.24, 2.45) is 0 Å². The Labute approximate surface area is 115 Å². The molecule has 0 aliphatic carbocycles. The zero-order chi connectivity index (χ0) is 14.0. The molecular weight excluding hydrogens is 284 g/mol. The minimum Gasteiger partial charge on any atom is -0.380 e. The molecule has 1 aromatic carbocycles. The van der Waals surface area contributed by atoms with Crippen molar-refractivity contribution >= 4 is 31.4 Å². The summed E-state index contributed by atoms with van der Waals surface area (Å²) in [5.74, 6) is 0. The van der Waals surface area contributed by atoms with Gasteiger partial charge in [0, 0.05) is 19.4 Å². The number of aromatic nitrogens is 1. The first-order valence-corrected chi connectivity index (χ1v) is 8.60. The molecule has 0 unspecified atom stereocenters. The molecule has 19 heavy (non-hydrogen) atoms. The highest BCUT2D eigenvalue weighted by atomic mass is 32.2. The summed E-state index contributed by atoms with van der Waals surface area (Å²) in [4.78, 5) is 0.693. The summed E-state index contributed by atoms with van der Waals surface area (Å²) in [5.41, 5.74) is 0.877. The lowest BCUT2D eigenvalue weighted by molar-refractivity contribution is 0.139. The minimum atomic E-state index is -3.21. The normalized spacial score (nSPS) is 12.1. The van der Waals surface area contributed by atoms with Gasteiger partial charge in [0.05, 0.1) is 21.7 Å². The van der Waals surface area contributed by atoms with E-state index in [1.807, 2.05) is 11.5 Å². The number of hydrogen-bond donors (Lipinski definition) is 1. The van der Waals surface area contributed by atoms with E-state index in [1.54, 1.807) is 18.2 Å². The molecule has 1 aromatic heterocycles. The van der Waals surface area contributed by atoms with Crippen molar-refractivity contribution < 1.29 is 13.2 Å². The van der Waals surface area contributed by atoms with Crippen LogP contribution in [0, 0.1) is 5.41 Å². The standard InChI is InChI=1S/C12H16N2O3S2/c1-3-17-7-6-14-10-5-4-9(19(2,15)16)8-11(10)18-12(14)13/h4-5,8,13H,3,6-7H2,1-2H3. The summed E-state index contributed by atoms with van der Waals surface area (Å²) >= 11 is 1.28. The first-order chi connectivity index (χ1) is 8.93. The smallest absolute Gasteiger partial charge is 0.182 e. The number of nitrogens with zero attached hydrogens (tertiary/aromatic N) is 1. The number of sulfone groups is 1. The molecule has 0 saturated carbocycles. The lowest BCUT2D eigenvalue weighted by Crippen LogP contribution is -2.16. The van der Waals surface area contributed by atoms with Crippen LogP contribution < -0.4 is 4.80 Å². The Morgan fingerprint density at radius 1 is 1.42 bits per heavy atom. The quantitative estimate of drug-likeness (QED) is 0.853. The second-order valence-electron chi connectivity index (χ2n) is 4.16. The van der Waals surface area contributed by atoms with E-state index in [2.05, 4.69) is 0 Å². The largest absolute Gasteiger partial charge is 0.380 e. The van der Waals surface area contributed by atoms with Gasteiger partial charge in [-0.15, -0.1) is 0 Å². The van der Waals surface area contributed by atoms with Crippen molar-refractivity contribution in [1.29, 1.82) is 5.41 Å². The van der Waals surface area contributed by atoms with Crippen molar-refractivity contribution in [3.8, 4) is 0 Å². The third-order valence-corrected chi connectivity index (χ3v) is 4.84. The zero-order valence-electron chi connectivity index (χ0n) is 10.8. The van der Waals surface area contributed by atoms with Crippen LogP contribution in [0.2, 0.25) is 0 Å². The predicted molar refractivity (Wildman–Crippen MR) is 75.3 cm³/mol. The summed E-state index contributed by atoms with van der Waals surface area (Å²) in [6, 6.07) is 4.97. The average molecular weight is 300 g/mol. The molecule has 0 bridgehead atoms. The van der Waals surface area contributed by atoms with E-state index >= 15 is 0 Å².